The lowest BCUT2D eigenvalue weighted by atomic mass is 9.97. The lowest BCUT2D eigenvalue weighted by molar-refractivity contribution is -0.125. The number of methoxy groups -OCH3 is 2. The molecule has 1 atom stereocenters. The third-order valence-electron chi connectivity index (χ3n) is 5.78. The average Bonchev–Trinajstić information content (AvgIpc) is 2.87. The Balaban J connectivity index is 1.37. The van der Waals surface area contributed by atoms with E-state index in [4.69, 9.17) is 9.47 Å². The van der Waals surface area contributed by atoms with E-state index in [1.54, 1.807) is 14.2 Å². The van der Waals surface area contributed by atoms with Crippen LogP contribution >= 0.6 is 0 Å². The Hall–Kier alpha value is -3.61. The van der Waals surface area contributed by atoms with E-state index in [1.807, 2.05) is 60.7 Å². The van der Waals surface area contributed by atoms with Gasteiger partial charge in [-0.25, -0.2) is 0 Å². The quantitative estimate of drug-likeness (QED) is 0.614. The molecule has 2 heterocycles. The van der Waals surface area contributed by atoms with Crippen molar-refractivity contribution < 1.29 is 14.3 Å². The van der Waals surface area contributed by atoms with E-state index in [1.165, 1.54) is 0 Å². The molecule has 1 amide bonds. The number of carbonyl (C=O) groups is 1. The molecule has 4 rings (SSSR count). The number of carbonyl (C=O) groups excluding carboxylic acids is 1. The Labute approximate surface area is 188 Å². The number of rotatable bonds is 7. The lowest BCUT2D eigenvalue weighted by Gasteiger charge is -2.32. The minimum Gasteiger partial charge on any atom is -0.497 e. The highest BCUT2D eigenvalue weighted by molar-refractivity contribution is 5.79. The second kappa shape index (κ2) is 10.1. The van der Waals surface area contributed by atoms with Crippen molar-refractivity contribution in [1.29, 1.82) is 0 Å². The van der Waals surface area contributed by atoms with E-state index in [-0.39, 0.29) is 11.8 Å². The van der Waals surface area contributed by atoms with Gasteiger partial charge in [0.15, 0.2) is 5.82 Å². The van der Waals surface area contributed by atoms with Crippen LogP contribution in [0.4, 0.5) is 5.82 Å². The summed E-state index contributed by atoms with van der Waals surface area (Å²) in [4.78, 5) is 14.9. The minimum atomic E-state index is -0.0716. The van der Waals surface area contributed by atoms with Gasteiger partial charge < -0.3 is 19.7 Å². The highest BCUT2D eigenvalue weighted by Crippen LogP contribution is 2.29. The van der Waals surface area contributed by atoms with Crippen LogP contribution in [0.1, 0.15) is 18.4 Å². The topological polar surface area (TPSA) is 76.6 Å². The van der Waals surface area contributed by atoms with Gasteiger partial charge in [0.2, 0.25) is 5.91 Å². The largest absolute Gasteiger partial charge is 0.497 e. The number of piperidine rings is 1. The molecular weight excluding hydrogens is 404 g/mol. The number of hydrogen-bond donors (Lipinski definition) is 1. The van der Waals surface area contributed by atoms with Gasteiger partial charge in [0.05, 0.1) is 25.8 Å². The van der Waals surface area contributed by atoms with Crippen molar-refractivity contribution in [2.24, 2.45) is 5.92 Å². The first-order chi connectivity index (χ1) is 15.7. The number of aromatic nitrogens is 2. The number of benzene rings is 2. The summed E-state index contributed by atoms with van der Waals surface area (Å²) in [6.45, 7) is 2.01. The Bertz CT molecular complexity index is 1040. The second-order valence-electron chi connectivity index (χ2n) is 7.83. The summed E-state index contributed by atoms with van der Waals surface area (Å²) in [7, 11) is 3.29. The number of anilines is 1. The summed E-state index contributed by atoms with van der Waals surface area (Å²) in [6.07, 6.45) is 1.81. The van der Waals surface area contributed by atoms with Gasteiger partial charge in [0.1, 0.15) is 11.5 Å². The van der Waals surface area contributed by atoms with Crippen molar-refractivity contribution in [3.8, 4) is 22.8 Å². The van der Waals surface area contributed by atoms with E-state index >= 15 is 0 Å². The second-order valence-corrected chi connectivity index (χ2v) is 7.83. The number of para-hydroxylation sites is 1. The molecule has 1 fully saturated rings. The van der Waals surface area contributed by atoms with Crippen LogP contribution in [-0.2, 0) is 11.3 Å². The fraction of sp³-hybridized carbons (Fsp3) is 0.320. The summed E-state index contributed by atoms with van der Waals surface area (Å²) in [5, 5.41) is 11.9. The molecule has 0 saturated carbocycles. The van der Waals surface area contributed by atoms with Crippen molar-refractivity contribution in [2.45, 2.75) is 19.4 Å². The minimum absolute atomic E-state index is 0.0716. The first kappa shape index (κ1) is 21.6. The van der Waals surface area contributed by atoms with Crippen LogP contribution in [0.25, 0.3) is 11.3 Å². The van der Waals surface area contributed by atoms with Gasteiger partial charge in [0.25, 0.3) is 0 Å². The Morgan fingerprint density at radius 3 is 2.56 bits per heavy atom. The zero-order valence-corrected chi connectivity index (χ0v) is 18.5. The average molecular weight is 433 g/mol. The number of nitrogens with one attached hydrogen (secondary N) is 1. The van der Waals surface area contributed by atoms with Gasteiger partial charge in [0, 0.05) is 25.2 Å². The molecular formula is C25H28N4O3. The predicted octanol–water partition coefficient (Wildman–Crippen LogP) is 3.69. The summed E-state index contributed by atoms with van der Waals surface area (Å²) in [6, 6.07) is 19.4. The molecule has 0 bridgehead atoms. The summed E-state index contributed by atoms with van der Waals surface area (Å²) in [5.74, 6) is 2.36. The number of nitrogens with zero attached hydrogens (tertiary/aromatic N) is 3. The molecule has 7 heteroatoms. The molecule has 1 N–H and O–H groups in total. The van der Waals surface area contributed by atoms with Gasteiger partial charge in [-0.1, -0.05) is 24.3 Å². The van der Waals surface area contributed by atoms with Crippen LogP contribution in [0.15, 0.2) is 60.7 Å². The summed E-state index contributed by atoms with van der Waals surface area (Å²) in [5.41, 5.74) is 2.71. The maximum Gasteiger partial charge on any atom is 0.225 e. The number of ether oxygens (including phenoxy) is 2. The van der Waals surface area contributed by atoms with Crippen LogP contribution in [0.5, 0.6) is 11.5 Å². The van der Waals surface area contributed by atoms with Gasteiger partial charge in [-0.2, -0.15) is 0 Å². The molecule has 1 saturated heterocycles. The molecule has 2 aromatic carbocycles. The fourth-order valence-electron chi connectivity index (χ4n) is 3.97. The van der Waals surface area contributed by atoms with Crippen molar-refractivity contribution in [1.82, 2.24) is 15.5 Å². The van der Waals surface area contributed by atoms with Crippen LogP contribution in [0, 0.1) is 5.92 Å². The molecule has 166 valence electrons. The van der Waals surface area contributed by atoms with Crippen LogP contribution in [0.3, 0.4) is 0 Å². The molecule has 1 aliphatic heterocycles. The first-order valence-corrected chi connectivity index (χ1v) is 10.8. The van der Waals surface area contributed by atoms with Crippen LogP contribution in [0.2, 0.25) is 0 Å². The highest BCUT2D eigenvalue weighted by Gasteiger charge is 2.26. The fourth-order valence-corrected chi connectivity index (χ4v) is 3.97. The number of hydrogen-bond acceptors (Lipinski definition) is 6. The zero-order chi connectivity index (χ0) is 22.3. The highest BCUT2D eigenvalue weighted by atomic mass is 16.5. The first-order valence-electron chi connectivity index (χ1n) is 10.8. The van der Waals surface area contributed by atoms with Gasteiger partial charge >= 0.3 is 0 Å². The van der Waals surface area contributed by atoms with Crippen molar-refractivity contribution in [3.05, 3.63) is 66.2 Å². The SMILES string of the molecule is COc1ccc(CNC(=O)C2CCCN(c3ccc(-c4ccccc4OC)nn3)C2)cc1. The Morgan fingerprint density at radius 1 is 1.03 bits per heavy atom. The van der Waals surface area contributed by atoms with E-state index in [0.29, 0.717) is 13.1 Å². The van der Waals surface area contributed by atoms with Crippen molar-refractivity contribution in [2.75, 3.05) is 32.2 Å². The predicted molar refractivity (Wildman–Crippen MR) is 124 cm³/mol. The van der Waals surface area contributed by atoms with E-state index in [2.05, 4.69) is 20.4 Å². The lowest BCUT2D eigenvalue weighted by Crippen LogP contribution is -2.43. The van der Waals surface area contributed by atoms with E-state index < -0.39 is 0 Å². The molecule has 0 aliphatic carbocycles. The van der Waals surface area contributed by atoms with Gasteiger partial charge in [-0.3, -0.25) is 4.79 Å². The maximum absolute atomic E-state index is 12.8. The molecule has 3 aromatic rings. The smallest absolute Gasteiger partial charge is 0.225 e. The van der Waals surface area contributed by atoms with Gasteiger partial charge in [-0.05, 0) is 54.8 Å². The maximum atomic E-state index is 12.8. The molecule has 32 heavy (non-hydrogen) atoms. The van der Waals surface area contributed by atoms with Gasteiger partial charge in [-0.15, -0.1) is 10.2 Å². The summed E-state index contributed by atoms with van der Waals surface area (Å²) < 4.78 is 10.6. The van der Waals surface area contributed by atoms with Crippen LogP contribution < -0.4 is 19.7 Å². The summed E-state index contributed by atoms with van der Waals surface area (Å²) >= 11 is 0. The monoisotopic (exact) mass is 432 g/mol. The molecule has 1 unspecified atom stereocenters. The van der Waals surface area contributed by atoms with Crippen molar-refractivity contribution >= 4 is 11.7 Å². The third kappa shape index (κ3) is 4.99. The van der Waals surface area contributed by atoms with E-state index in [0.717, 1.165) is 53.5 Å². The van der Waals surface area contributed by atoms with Crippen molar-refractivity contribution in [3.63, 3.8) is 0 Å². The number of amides is 1. The molecule has 1 aliphatic rings. The zero-order valence-electron chi connectivity index (χ0n) is 18.5. The Morgan fingerprint density at radius 2 is 1.84 bits per heavy atom. The molecule has 0 radical (unpaired) electrons. The standard InChI is InChI=1S/C25H28N4O3/c1-31-20-11-9-18(10-12-20)16-26-25(30)19-6-5-15-29(17-19)24-14-13-22(27-28-24)21-7-3-4-8-23(21)32-2/h3-4,7-14,19H,5-6,15-17H2,1-2H3,(H,26,30). The molecule has 7 nitrogen and oxygen atoms in total. The Kier molecular flexibility index (Phi) is 6.84. The normalized spacial score (nSPS) is 15.8. The molecule has 0 spiro atoms. The molecule has 1 aromatic heterocycles. The van der Waals surface area contributed by atoms with Crippen LogP contribution in [-0.4, -0.2) is 43.4 Å². The van der Waals surface area contributed by atoms with E-state index in [9.17, 15) is 4.79 Å². The third-order valence-corrected chi connectivity index (χ3v) is 5.78.